The van der Waals surface area contributed by atoms with Crippen molar-refractivity contribution >= 4 is 10.8 Å². The van der Waals surface area contributed by atoms with Crippen molar-refractivity contribution in [2.75, 3.05) is 0 Å². The van der Waals surface area contributed by atoms with Gasteiger partial charge in [-0.05, 0) is 43.0 Å². The first-order valence-electron chi connectivity index (χ1n) is 6.34. The normalized spacial score (nSPS) is 10.8. The molecule has 0 saturated heterocycles. The SMILES string of the molecule is Cc1cccc(-c2cc3cc(C)ccc3c(=O)[nH]2)c1. The van der Waals surface area contributed by atoms with Crippen LogP contribution in [0.1, 0.15) is 11.1 Å². The highest BCUT2D eigenvalue weighted by molar-refractivity contribution is 5.85. The molecule has 0 spiro atoms. The van der Waals surface area contributed by atoms with Gasteiger partial charge in [0.2, 0.25) is 0 Å². The topological polar surface area (TPSA) is 32.9 Å². The Morgan fingerprint density at radius 1 is 0.895 bits per heavy atom. The lowest BCUT2D eigenvalue weighted by Crippen LogP contribution is -2.07. The Kier molecular flexibility index (Phi) is 2.71. The van der Waals surface area contributed by atoms with Crippen LogP contribution in [0.3, 0.4) is 0 Å². The minimum atomic E-state index is -0.0333. The molecule has 0 saturated carbocycles. The molecular formula is C17H15NO. The van der Waals surface area contributed by atoms with Crippen LogP contribution in [0.2, 0.25) is 0 Å². The van der Waals surface area contributed by atoms with Gasteiger partial charge in [0.15, 0.2) is 0 Å². The monoisotopic (exact) mass is 249 g/mol. The zero-order chi connectivity index (χ0) is 13.4. The highest BCUT2D eigenvalue weighted by atomic mass is 16.1. The summed E-state index contributed by atoms with van der Waals surface area (Å²) in [6, 6.07) is 16.1. The van der Waals surface area contributed by atoms with Gasteiger partial charge in [-0.15, -0.1) is 0 Å². The molecule has 0 unspecified atom stereocenters. The Labute approximate surface area is 111 Å². The second kappa shape index (κ2) is 4.39. The van der Waals surface area contributed by atoms with Crippen molar-refractivity contribution in [3.63, 3.8) is 0 Å². The number of aromatic nitrogens is 1. The molecule has 0 atom stereocenters. The lowest BCUT2D eigenvalue weighted by atomic mass is 10.0. The number of hydrogen-bond acceptors (Lipinski definition) is 1. The van der Waals surface area contributed by atoms with Crippen LogP contribution < -0.4 is 5.56 Å². The Balaban J connectivity index is 2.28. The van der Waals surface area contributed by atoms with Crippen molar-refractivity contribution in [2.45, 2.75) is 13.8 Å². The molecule has 3 aromatic rings. The fourth-order valence-electron chi connectivity index (χ4n) is 2.36. The first-order chi connectivity index (χ1) is 9.13. The van der Waals surface area contributed by atoms with Crippen molar-refractivity contribution in [1.29, 1.82) is 0 Å². The van der Waals surface area contributed by atoms with E-state index in [-0.39, 0.29) is 5.56 Å². The third-order valence-electron chi connectivity index (χ3n) is 3.33. The summed E-state index contributed by atoms with van der Waals surface area (Å²) in [5, 5.41) is 1.72. The van der Waals surface area contributed by atoms with E-state index in [1.165, 1.54) is 5.56 Å². The van der Waals surface area contributed by atoms with Crippen LogP contribution in [-0.2, 0) is 0 Å². The molecule has 0 aliphatic heterocycles. The van der Waals surface area contributed by atoms with Gasteiger partial charge in [-0.1, -0.05) is 41.5 Å². The van der Waals surface area contributed by atoms with Gasteiger partial charge in [-0.25, -0.2) is 0 Å². The maximum Gasteiger partial charge on any atom is 0.256 e. The average Bonchev–Trinajstić information content (AvgIpc) is 2.38. The van der Waals surface area contributed by atoms with E-state index in [0.717, 1.165) is 27.6 Å². The van der Waals surface area contributed by atoms with Gasteiger partial charge >= 0.3 is 0 Å². The van der Waals surface area contributed by atoms with Crippen LogP contribution >= 0.6 is 0 Å². The van der Waals surface area contributed by atoms with Crippen molar-refractivity contribution in [3.8, 4) is 11.3 Å². The molecule has 2 heteroatoms. The lowest BCUT2D eigenvalue weighted by molar-refractivity contribution is 1.27. The molecule has 2 aromatic carbocycles. The zero-order valence-electron chi connectivity index (χ0n) is 11.0. The van der Waals surface area contributed by atoms with Gasteiger partial charge < -0.3 is 4.98 Å². The first kappa shape index (κ1) is 11.7. The minimum absolute atomic E-state index is 0.0333. The Hall–Kier alpha value is -2.35. The minimum Gasteiger partial charge on any atom is -0.321 e. The van der Waals surface area contributed by atoms with E-state index in [0.29, 0.717) is 0 Å². The van der Waals surface area contributed by atoms with Crippen molar-refractivity contribution in [2.24, 2.45) is 0 Å². The Morgan fingerprint density at radius 2 is 1.68 bits per heavy atom. The highest BCUT2D eigenvalue weighted by Gasteiger charge is 2.04. The number of H-pyrrole nitrogens is 1. The molecule has 2 nitrogen and oxygen atoms in total. The molecule has 94 valence electrons. The van der Waals surface area contributed by atoms with Crippen LogP contribution in [0, 0.1) is 13.8 Å². The maximum atomic E-state index is 12.1. The first-order valence-corrected chi connectivity index (χ1v) is 6.34. The Bertz CT molecular complexity index is 815. The molecule has 0 aliphatic carbocycles. The highest BCUT2D eigenvalue weighted by Crippen LogP contribution is 2.21. The molecule has 0 amide bonds. The van der Waals surface area contributed by atoms with E-state index in [2.05, 4.69) is 11.1 Å². The number of nitrogens with one attached hydrogen (secondary N) is 1. The smallest absolute Gasteiger partial charge is 0.256 e. The van der Waals surface area contributed by atoms with Crippen LogP contribution in [0.15, 0.2) is 53.3 Å². The lowest BCUT2D eigenvalue weighted by Gasteiger charge is -2.05. The fraction of sp³-hybridized carbons (Fsp3) is 0.118. The number of hydrogen-bond donors (Lipinski definition) is 1. The molecule has 0 fully saturated rings. The summed E-state index contributed by atoms with van der Waals surface area (Å²) in [7, 11) is 0. The van der Waals surface area contributed by atoms with Gasteiger partial charge in [-0.3, -0.25) is 4.79 Å². The quantitative estimate of drug-likeness (QED) is 0.699. The number of fused-ring (bicyclic) bond motifs is 1. The second-order valence-corrected chi connectivity index (χ2v) is 4.97. The Morgan fingerprint density at radius 3 is 2.47 bits per heavy atom. The predicted molar refractivity (Wildman–Crippen MR) is 79.5 cm³/mol. The second-order valence-electron chi connectivity index (χ2n) is 4.97. The molecule has 1 aromatic heterocycles. The van der Waals surface area contributed by atoms with E-state index in [9.17, 15) is 4.79 Å². The summed E-state index contributed by atoms with van der Waals surface area (Å²) in [6.45, 7) is 4.08. The summed E-state index contributed by atoms with van der Waals surface area (Å²) < 4.78 is 0. The third kappa shape index (κ3) is 2.17. The number of aromatic amines is 1. The summed E-state index contributed by atoms with van der Waals surface area (Å²) >= 11 is 0. The van der Waals surface area contributed by atoms with E-state index in [4.69, 9.17) is 0 Å². The molecule has 3 rings (SSSR count). The largest absolute Gasteiger partial charge is 0.321 e. The zero-order valence-corrected chi connectivity index (χ0v) is 11.0. The van der Waals surface area contributed by atoms with E-state index in [1.54, 1.807) is 0 Å². The van der Waals surface area contributed by atoms with Gasteiger partial charge in [0.1, 0.15) is 0 Å². The van der Waals surface area contributed by atoms with Crippen molar-refractivity contribution in [1.82, 2.24) is 4.98 Å². The fourth-order valence-corrected chi connectivity index (χ4v) is 2.36. The molecular weight excluding hydrogens is 234 g/mol. The van der Waals surface area contributed by atoms with Crippen LogP contribution in [0.4, 0.5) is 0 Å². The van der Waals surface area contributed by atoms with Crippen LogP contribution in [0.5, 0.6) is 0 Å². The summed E-state index contributed by atoms with van der Waals surface area (Å²) in [5.41, 5.74) is 4.22. The number of pyridine rings is 1. The van der Waals surface area contributed by atoms with Gasteiger partial charge in [0.05, 0.1) is 0 Å². The van der Waals surface area contributed by atoms with E-state index in [1.807, 2.05) is 56.3 Å². The summed E-state index contributed by atoms with van der Waals surface area (Å²) in [4.78, 5) is 15.1. The molecule has 1 N–H and O–H groups in total. The van der Waals surface area contributed by atoms with Gasteiger partial charge in [0.25, 0.3) is 5.56 Å². The van der Waals surface area contributed by atoms with Crippen LogP contribution in [0.25, 0.3) is 22.0 Å². The summed E-state index contributed by atoms with van der Waals surface area (Å²) in [6.07, 6.45) is 0. The van der Waals surface area contributed by atoms with Crippen molar-refractivity contribution < 1.29 is 0 Å². The standard InChI is InChI=1S/C17H15NO/c1-11-4-3-5-13(8-11)16-10-14-9-12(2)6-7-15(14)17(19)18-16/h3-10H,1-2H3,(H,18,19). The number of rotatable bonds is 1. The molecule has 1 heterocycles. The molecule has 0 radical (unpaired) electrons. The molecule has 0 bridgehead atoms. The van der Waals surface area contributed by atoms with E-state index >= 15 is 0 Å². The molecule has 19 heavy (non-hydrogen) atoms. The molecule has 0 aliphatic rings. The van der Waals surface area contributed by atoms with Crippen LogP contribution in [-0.4, -0.2) is 4.98 Å². The van der Waals surface area contributed by atoms with E-state index < -0.39 is 0 Å². The maximum absolute atomic E-state index is 12.1. The summed E-state index contributed by atoms with van der Waals surface area (Å²) in [5.74, 6) is 0. The predicted octanol–water partition coefficient (Wildman–Crippen LogP) is 3.81. The number of aryl methyl sites for hydroxylation is 2. The van der Waals surface area contributed by atoms with Gasteiger partial charge in [-0.2, -0.15) is 0 Å². The van der Waals surface area contributed by atoms with Crippen molar-refractivity contribution in [3.05, 3.63) is 70.0 Å². The number of benzene rings is 2. The third-order valence-corrected chi connectivity index (χ3v) is 3.33. The average molecular weight is 249 g/mol. The van der Waals surface area contributed by atoms with Gasteiger partial charge in [0, 0.05) is 11.1 Å².